The Balaban J connectivity index is 1.85. The van der Waals surface area contributed by atoms with E-state index in [1.54, 1.807) is 0 Å². The molecule has 0 aromatic carbocycles. The molecule has 0 aliphatic heterocycles. The van der Waals surface area contributed by atoms with Crippen molar-refractivity contribution in [3.63, 3.8) is 0 Å². The molecule has 2 nitrogen and oxygen atoms in total. The first kappa shape index (κ1) is 16.3. The summed E-state index contributed by atoms with van der Waals surface area (Å²) >= 11 is 0. The number of aliphatic hydroxyl groups is 1. The molecule has 0 aromatic heterocycles. The highest BCUT2D eigenvalue weighted by atomic mass is 16.5. The van der Waals surface area contributed by atoms with E-state index in [-0.39, 0.29) is 6.10 Å². The maximum atomic E-state index is 9.71. The van der Waals surface area contributed by atoms with E-state index in [4.69, 9.17) is 4.74 Å². The minimum atomic E-state index is -0.0303. The molecule has 0 bridgehead atoms. The first-order valence-electron chi connectivity index (χ1n) is 8.73. The summed E-state index contributed by atoms with van der Waals surface area (Å²) in [6, 6.07) is 0. The summed E-state index contributed by atoms with van der Waals surface area (Å²) in [5.41, 5.74) is 0.433. The average molecular weight is 282 g/mol. The number of rotatable bonds is 4. The van der Waals surface area contributed by atoms with Gasteiger partial charge in [-0.15, -0.1) is 0 Å². The first-order chi connectivity index (χ1) is 9.39. The largest absolute Gasteiger partial charge is 0.393 e. The van der Waals surface area contributed by atoms with Gasteiger partial charge >= 0.3 is 0 Å². The molecule has 2 heteroatoms. The molecule has 0 saturated heterocycles. The van der Waals surface area contributed by atoms with E-state index in [1.165, 1.54) is 38.5 Å². The van der Waals surface area contributed by atoms with Gasteiger partial charge in [0.15, 0.2) is 0 Å². The number of hydrogen-bond donors (Lipinski definition) is 1. The van der Waals surface area contributed by atoms with Gasteiger partial charge in [-0.1, -0.05) is 13.8 Å². The van der Waals surface area contributed by atoms with Gasteiger partial charge < -0.3 is 9.84 Å². The number of hydrogen-bond acceptors (Lipinski definition) is 2. The van der Waals surface area contributed by atoms with Crippen LogP contribution >= 0.6 is 0 Å². The smallest absolute Gasteiger partial charge is 0.0578 e. The molecule has 2 aliphatic carbocycles. The third-order valence-electron chi connectivity index (χ3n) is 5.94. The topological polar surface area (TPSA) is 29.5 Å². The predicted octanol–water partition coefficient (Wildman–Crippen LogP) is 4.55. The Morgan fingerprint density at radius 2 is 1.30 bits per heavy atom. The van der Waals surface area contributed by atoms with Gasteiger partial charge in [-0.3, -0.25) is 0 Å². The van der Waals surface area contributed by atoms with Gasteiger partial charge in [0.2, 0.25) is 0 Å². The Morgan fingerprint density at radius 3 is 1.75 bits per heavy atom. The SMILES string of the molecule is CC(C)OC1CCC(C(C)(C)C2CCC(O)CC2)CC1. The molecule has 0 spiro atoms. The molecule has 0 amide bonds. The minimum absolute atomic E-state index is 0.0303. The molecular weight excluding hydrogens is 248 g/mol. The van der Waals surface area contributed by atoms with E-state index in [0.29, 0.717) is 17.6 Å². The van der Waals surface area contributed by atoms with Crippen molar-refractivity contribution in [2.75, 3.05) is 0 Å². The van der Waals surface area contributed by atoms with Crippen LogP contribution in [0.1, 0.15) is 79.1 Å². The Bertz CT molecular complexity index is 282. The monoisotopic (exact) mass is 282 g/mol. The van der Waals surface area contributed by atoms with Gasteiger partial charge in [-0.25, -0.2) is 0 Å². The van der Waals surface area contributed by atoms with Crippen LogP contribution in [0.25, 0.3) is 0 Å². The lowest BCUT2D eigenvalue weighted by Gasteiger charge is -2.46. The summed E-state index contributed by atoms with van der Waals surface area (Å²) in [6.07, 6.45) is 10.4. The highest BCUT2D eigenvalue weighted by Gasteiger charge is 2.40. The molecule has 0 radical (unpaired) electrons. The van der Waals surface area contributed by atoms with Gasteiger partial charge in [-0.2, -0.15) is 0 Å². The fraction of sp³-hybridized carbons (Fsp3) is 1.00. The van der Waals surface area contributed by atoms with Crippen molar-refractivity contribution in [1.82, 2.24) is 0 Å². The Kier molecular flexibility index (Phi) is 5.53. The van der Waals surface area contributed by atoms with Crippen LogP contribution in [0.2, 0.25) is 0 Å². The highest BCUT2D eigenvalue weighted by Crippen LogP contribution is 2.48. The van der Waals surface area contributed by atoms with E-state index < -0.39 is 0 Å². The van der Waals surface area contributed by atoms with Crippen molar-refractivity contribution in [2.24, 2.45) is 17.3 Å². The second-order valence-corrected chi connectivity index (χ2v) is 7.99. The van der Waals surface area contributed by atoms with Crippen molar-refractivity contribution in [3.8, 4) is 0 Å². The molecule has 2 saturated carbocycles. The summed E-state index contributed by atoms with van der Waals surface area (Å²) in [7, 11) is 0. The third-order valence-corrected chi connectivity index (χ3v) is 5.94. The molecule has 0 atom stereocenters. The van der Waals surface area contributed by atoms with Gasteiger partial charge in [0.1, 0.15) is 0 Å². The van der Waals surface area contributed by atoms with Gasteiger partial charge in [0.25, 0.3) is 0 Å². The van der Waals surface area contributed by atoms with Crippen LogP contribution < -0.4 is 0 Å². The molecule has 1 N–H and O–H groups in total. The zero-order valence-electron chi connectivity index (χ0n) is 13.9. The molecule has 118 valence electrons. The summed E-state index contributed by atoms with van der Waals surface area (Å²) in [4.78, 5) is 0. The van der Waals surface area contributed by atoms with Crippen LogP contribution in [0.4, 0.5) is 0 Å². The van der Waals surface area contributed by atoms with Crippen molar-refractivity contribution in [2.45, 2.75) is 97.4 Å². The summed E-state index contributed by atoms with van der Waals surface area (Å²) in [6.45, 7) is 9.24. The van der Waals surface area contributed by atoms with Crippen LogP contribution in [-0.4, -0.2) is 23.4 Å². The first-order valence-corrected chi connectivity index (χ1v) is 8.73. The zero-order chi connectivity index (χ0) is 14.8. The molecule has 2 fully saturated rings. The van der Waals surface area contributed by atoms with Gasteiger partial charge in [-0.05, 0) is 82.5 Å². The lowest BCUT2D eigenvalue weighted by atomic mass is 9.60. The summed E-state index contributed by atoms with van der Waals surface area (Å²) in [5.74, 6) is 1.65. The molecule has 2 rings (SSSR count). The molecular formula is C18H34O2. The Labute approximate surface area is 125 Å². The van der Waals surface area contributed by atoms with Crippen molar-refractivity contribution in [1.29, 1.82) is 0 Å². The standard InChI is InChI=1S/C18H34O2/c1-13(2)20-17-11-7-15(8-12-17)18(3,4)14-5-9-16(19)10-6-14/h13-17,19H,5-12H2,1-4H3. The highest BCUT2D eigenvalue weighted by molar-refractivity contribution is 4.90. The minimum Gasteiger partial charge on any atom is -0.393 e. The Morgan fingerprint density at radius 1 is 0.850 bits per heavy atom. The van der Waals surface area contributed by atoms with E-state index in [0.717, 1.165) is 24.7 Å². The maximum Gasteiger partial charge on any atom is 0.0578 e. The van der Waals surface area contributed by atoms with Crippen LogP contribution in [0.3, 0.4) is 0 Å². The van der Waals surface area contributed by atoms with Crippen LogP contribution in [0.15, 0.2) is 0 Å². The molecule has 0 aromatic rings. The van der Waals surface area contributed by atoms with Crippen LogP contribution in [0, 0.1) is 17.3 Å². The van der Waals surface area contributed by atoms with Crippen LogP contribution in [0.5, 0.6) is 0 Å². The molecule has 2 aliphatic rings. The predicted molar refractivity (Wildman–Crippen MR) is 83.7 cm³/mol. The maximum absolute atomic E-state index is 9.71. The molecule has 0 heterocycles. The number of aliphatic hydroxyl groups excluding tert-OH is 1. The normalized spacial score (nSPS) is 36.3. The fourth-order valence-electron chi connectivity index (χ4n) is 4.48. The summed E-state index contributed by atoms with van der Waals surface area (Å²) < 4.78 is 5.98. The lowest BCUT2D eigenvalue weighted by Crippen LogP contribution is -2.39. The van der Waals surface area contributed by atoms with Gasteiger partial charge in [0.05, 0.1) is 18.3 Å². The zero-order valence-corrected chi connectivity index (χ0v) is 13.9. The van der Waals surface area contributed by atoms with Crippen molar-refractivity contribution in [3.05, 3.63) is 0 Å². The van der Waals surface area contributed by atoms with Crippen molar-refractivity contribution >= 4 is 0 Å². The second kappa shape index (κ2) is 6.79. The Hall–Kier alpha value is -0.0800. The number of ether oxygens (including phenoxy) is 1. The van der Waals surface area contributed by atoms with E-state index >= 15 is 0 Å². The van der Waals surface area contributed by atoms with E-state index in [2.05, 4.69) is 27.7 Å². The fourth-order valence-corrected chi connectivity index (χ4v) is 4.48. The van der Waals surface area contributed by atoms with Gasteiger partial charge in [0, 0.05) is 0 Å². The van der Waals surface area contributed by atoms with Crippen molar-refractivity contribution < 1.29 is 9.84 Å². The second-order valence-electron chi connectivity index (χ2n) is 7.99. The van der Waals surface area contributed by atoms with E-state index in [9.17, 15) is 5.11 Å². The van der Waals surface area contributed by atoms with Crippen LogP contribution in [-0.2, 0) is 4.74 Å². The molecule has 20 heavy (non-hydrogen) atoms. The lowest BCUT2D eigenvalue weighted by molar-refractivity contribution is -0.0445. The quantitative estimate of drug-likeness (QED) is 0.820. The third kappa shape index (κ3) is 3.98. The average Bonchev–Trinajstić information content (AvgIpc) is 2.39. The molecule has 0 unspecified atom stereocenters. The summed E-state index contributed by atoms with van der Waals surface area (Å²) in [5, 5.41) is 9.71. The van der Waals surface area contributed by atoms with E-state index in [1.807, 2.05) is 0 Å².